The molecule has 1 fully saturated rings. The number of amides is 1. The first kappa shape index (κ1) is 17.5. The van der Waals surface area contributed by atoms with Gasteiger partial charge in [-0.2, -0.15) is 0 Å². The van der Waals surface area contributed by atoms with E-state index in [0.29, 0.717) is 0 Å². The van der Waals surface area contributed by atoms with Crippen LogP contribution in [-0.2, 0) is 10.2 Å². The SMILES string of the molecule is CC(C)(C(=O)N1CCCNCC1)c1cccc(Br)c1.Cl. The fourth-order valence-electron chi connectivity index (χ4n) is 2.44. The first-order chi connectivity index (χ1) is 9.01. The molecule has 112 valence electrons. The van der Waals surface area contributed by atoms with E-state index in [1.807, 2.05) is 43.0 Å². The van der Waals surface area contributed by atoms with Crippen molar-refractivity contribution in [1.82, 2.24) is 10.2 Å². The number of halogens is 2. The molecule has 0 spiro atoms. The summed E-state index contributed by atoms with van der Waals surface area (Å²) < 4.78 is 1.02. The predicted octanol–water partition coefficient (Wildman–Crippen LogP) is 2.97. The highest BCUT2D eigenvalue weighted by molar-refractivity contribution is 9.10. The van der Waals surface area contributed by atoms with Gasteiger partial charge in [0.1, 0.15) is 0 Å². The first-order valence-electron chi connectivity index (χ1n) is 6.78. The zero-order chi connectivity index (χ0) is 13.9. The Morgan fingerprint density at radius 1 is 1.30 bits per heavy atom. The molecule has 0 unspecified atom stereocenters. The minimum absolute atomic E-state index is 0. The molecule has 0 aromatic heterocycles. The van der Waals surface area contributed by atoms with Crippen LogP contribution in [0.15, 0.2) is 28.7 Å². The molecule has 3 nitrogen and oxygen atoms in total. The van der Waals surface area contributed by atoms with Crippen LogP contribution in [0.4, 0.5) is 0 Å². The lowest BCUT2D eigenvalue weighted by Gasteiger charge is -2.31. The Morgan fingerprint density at radius 3 is 2.75 bits per heavy atom. The van der Waals surface area contributed by atoms with Gasteiger partial charge < -0.3 is 10.2 Å². The van der Waals surface area contributed by atoms with E-state index in [1.165, 1.54) is 0 Å². The molecule has 1 aromatic rings. The molecule has 0 bridgehead atoms. The molecule has 1 heterocycles. The second-order valence-electron chi connectivity index (χ2n) is 5.53. The highest BCUT2D eigenvalue weighted by Gasteiger charge is 2.33. The molecule has 1 aliphatic heterocycles. The van der Waals surface area contributed by atoms with E-state index in [9.17, 15) is 4.79 Å². The van der Waals surface area contributed by atoms with Gasteiger partial charge in [0.05, 0.1) is 5.41 Å². The number of hydrogen-bond acceptors (Lipinski definition) is 2. The van der Waals surface area contributed by atoms with Crippen LogP contribution < -0.4 is 5.32 Å². The Balaban J connectivity index is 0.00000200. The van der Waals surface area contributed by atoms with E-state index in [1.54, 1.807) is 0 Å². The topological polar surface area (TPSA) is 32.3 Å². The van der Waals surface area contributed by atoms with Crippen LogP contribution in [0.5, 0.6) is 0 Å². The van der Waals surface area contributed by atoms with Crippen molar-refractivity contribution >= 4 is 34.2 Å². The molecule has 0 aliphatic carbocycles. The van der Waals surface area contributed by atoms with Crippen molar-refractivity contribution in [3.8, 4) is 0 Å². The molecule has 1 amide bonds. The van der Waals surface area contributed by atoms with Gasteiger partial charge in [0, 0.05) is 24.1 Å². The maximum atomic E-state index is 12.8. The van der Waals surface area contributed by atoms with E-state index >= 15 is 0 Å². The number of nitrogens with zero attached hydrogens (tertiary/aromatic N) is 1. The van der Waals surface area contributed by atoms with E-state index in [2.05, 4.69) is 21.2 Å². The Bertz CT molecular complexity index is 457. The van der Waals surface area contributed by atoms with Crippen LogP contribution >= 0.6 is 28.3 Å². The highest BCUT2D eigenvalue weighted by Crippen LogP contribution is 2.28. The summed E-state index contributed by atoms with van der Waals surface area (Å²) in [5.74, 6) is 0.217. The smallest absolute Gasteiger partial charge is 0.232 e. The number of hydrogen-bond donors (Lipinski definition) is 1. The third-order valence-electron chi connectivity index (χ3n) is 3.71. The van der Waals surface area contributed by atoms with E-state index in [4.69, 9.17) is 0 Å². The summed E-state index contributed by atoms with van der Waals surface area (Å²) >= 11 is 3.48. The van der Waals surface area contributed by atoms with Crippen molar-refractivity contribution in [2.75, 3.05) is 26.2 Å². The largest absolute Gasteiger partial charge is 0.341 e. The summed E-state index contributed by atoms with van der Waals surface area (Å²) in [7, 11) is 0. The zero-order valence-corrected chi connectivity index (χ0v) is 14.4. The predicted molar refractivity (Wildman–Crippen MR) is 88.5 cm³/mol. The molecule has 0 saturated carbocycles. The lowest BCUT2D eigenvalue weighted by atomic mass is 9.83. The molecule has 0 radical (unpaired) electrons. The van der Waals surface area contributed by atoms with Crippen molar-refractivity contribution in [2.24, 2.45) is 0 Å². The molecule has 5 heteroatoms. The molecule has 1 N–H and O–H groups in total. The lowest BCUT2D eigenvalue weighted by Crippen LogP contribution is -2.44. The van der Waals surface area contributed by atoms with Gasteiger partial charge in [0.2, 0.25) is 5.91 Å². The van der Waals surface area contributed by atoms with Crippen LogP contribution in [0.3, 0.4) is 0 Å². The van der Waals surface area contributed by atoms with Crippen LogP contribution in [-0.4, -0.2) is 37.0 Å². The average Bonchev–Trinajstić information content (AvgIpc) is 2.66. The van der Waals surface area contributed by atoms with Gasteiger partial charge in [-0.1, -0.05) is 28.1 Å². The van der Waals surface area contributed by atoms with E-state index in [0.717, 1.165) is 42.6 Å². The summed E-state index contributed by atoms with van der Waals surface area (Å²) in [5, 5.41) is 3.33. The number of rotatable bonds is 2. The Kier molecular flexibility index (Phi) is 6.49. The summed E-state index contributed by atoms with van der Waals surface area (Å²) in [6.07, 6.45) is 1.03. The van der Waals surface area contributed by atoms with E-state index < -0.39 is 5.41 Å². The number of benzene rings is 1. The maximum Gasteiger partial charge on any atom is 0.232 e. The Morgan fingerprint density at radius 2 is 2.05 bits per heavy atom. The first-order valence-corrected chi connectivity index (χ1v) is 7.57. The van der Waals surface area contributed by atoms with Gasteiger partial charge >= 0.3 is 0 Å². The molecule has 1 aromatic carbocycles. The number of carbonyl (C=O) groups excluding carboxylic acids is 1. The standard InChI is InChI=1S/C15H21BrN2O.ClH/c1-15(2,12-5-3-6-13(16)11-12)14(19)18-9-4-7-17-8-10-18;/h3,5-6,11,17H,4,7-10H2,1-2H3;1H. The third kappa shape index (κ3) is 3.96. The quantitative estimate of drug-likeness (QED) is 0.878. The Hall–Kier alpha value is -0.580. The Labute approximate surface area is 135 Å². The highest BCUT2D eigenvalue weighted by atomic mass is 79.9. The monoisotopic (exact) mass is 360 g/mol. The van der Waals surface area contributed by atoms with Gasteiger partial charge in [-0.05, 0) is 44.5 Å². The number of carbonyl (C=O) groups is 1. The molecule has 1 saturated heterocycles. The summed E-state index contributed by atoms with van der Waals surface area (Å²) in [4.78, 5) is 14.8. The van der Waals surface area contributed by atoms with Crippen LogP contribution in [0, 0.1) is 0 Å². The van der Waals surface area contributed by atoms with Gasteiger partial charge in [0.15, 0.2) is 0 Å². The molecule has 1 aliphatic rings. The average molecular weight is 362 g/mol. The third-order valence-corrected chi connectivity index (χ3v) is 4.20. The van der Waals surface area contributed by atoms with Gasteiger partial charge in [0.25, 0.3) is 0 Å². The van der Waals surface area contributed by atoms with Crippen molar-refractivity contribution in [1.29, 1.82) is 0 Å². The van der Waals surface area contributed by atoms with Crippen molar-refractivity contribution in [3.05, 3.63) is 34.3 Å². The zero-order valence-electron chi connectivity index (χ0n) is 12.0. The summed E-state index contributed by atoms with van der Waals surface area (Å²) in [6.45, 7) is 7.56. The second-order valence-corrected chi connectivity index (χ2v) is 6.45. The maximum absolute atomic E-state index is 12.8. The molecule has 2 rings (SSSR count). The normalized spacial score (nSPS) is 16.2. The van der Waals surface area contributed by atoms with Crippen molar-refractivity contribution in [2.45, 2.75) is 25.7 Å². The molecular weight excluding hydrogens is 340 g/mol. The fraction of sp³-hybridized carbons (Fsp3) is 0.533. The minimum Gasteiger partial charge on any atom is -0.341 e. The fourth-order valence-corrected chi connectivity index (χ4v) is 2.84. The van der Waals surface area contributed by atoms with Gasteiger partial charge in [-0.15, -0.1) is 12.4 Å². The van der Waals surface area contributed by atoms with Crippen LogP contribution in [0.1, 0.15) is 25.8 Å². The van der Waals surface area contributed by atoms with Crippen molar-refractivity contribution < 1.29 is 4.79 Å². The van der Waals surface area contributed by atoms with Crippen LogP contribution in [0.25, 0.3) is 0 Å². The van der Waals surface area contributed by atoms with Gasteiger partial charge in [-0.3, -0.25) is 4.79 Å². The second kappa shape index (κ2) is 7.43. The van der Waals surface area contributed by atoms with Crippen molar-refractivity contribution in [3.63, 3.8) is 0 Å². The van der Waals surface area contributed by atoms with Crippen LogP contribution in [0.2, 0.25) is 0 Å². The molecule has 0 atom stereocenters. The van der Waals surface area contributed by atoms with E-state index in [-0.39, 0.29) is 18.3 Å². The molecule has 20 heavy (non-hydrogen) atoms. The number of nitrogens with one attached hydrogen (secondary N) is 1. The molecular formula is C15H22BrClN2O. The lowest BCUT2D eigenvalue weighted by molar-refractivity contribution is -0.136. The van der Waals surface area contributed by atoms with Gasteiger partial charge in [-0.25, -0.2) is 0 Å². The summed E-state index contributed by atoms with van der Waals surface area (Å²) in [5.41, 5.74) is 0.581. The summed E-state index contributed by atoms with van der Waals surface area (Å²) in [6, 6.07) is 8.03. The minimum atomic E-state index is -0.478.